The summed E-state index contributed by atoms with van der Waals surface area (Å²) in [6.45, 7) is 6.35. The van der Waals surface area contributed by atoms with Crippen molar-refractivity contribution in [3.63, 3.8) is 0 Å². The summed E-state index contributed by atoms with van der Waals surface area (Å²) < 4.78 is 42.7. The number of nitrogens with zero attached hydrogens (tertiary/aromatic N) is 5. The van der Waals surface area contributed by atoms with Gasteiger partial charge in [-0.15, -0.1) is 18.3 Å². The van der Waals surface area contributed by atoms with Gasteiger partial charge in [-0.1, -0.05) is 61.2 Å². The predicted molar refractivity (Wildman–Crippen MR) is 164 cm³/mol. The first kappa shape index (κ1) is 31.1. The number of nitrogens with one attached hydrogen (secondary N) is 1. The fourth-order valence-corrected chi connectivity index (χ4v) is 5.94. The van der Waals surface area contributed by atoms with E-state index >= 15 is 0 Å². The van der Waals surface area contributed by atoms with Crippen LogP contribution < -0.4 is 15.0 Å². The van der Waals surface area contributed by atoms with Crippen LogP contribution in [0.1, 0.15) is 36.0 Å². The van der Waals surface area contributed by atoms with Gasteiger partial charge in [0.05, 0.1) is 11.4 Å². The second-order valence-electron chi connectivity index (χ2n) is 10.3. The number of aliphatic hydroxyl groups is 1. The number of alkyl halides is 3. The van der Waals surface area contributed by atoms with Crippen LogP contribution in [0.2, 0.25) is 0 Å². The van der Waals surface area contributed by atoms with Gasteiger partial charge in [-0.05, 0) is 61.2 Å². The first-order valence-electron chi connectivity index (χ1n) is 13.9. The summed E-state index contributed by atoms with van der Waals surface area (Å²) in [6.07, 6.45) is -3.27. The van der Waals surface area contributed by atoms with Gasteiger partial charge in [-0.25, -0.2) is 14.5 Å². The zero-order chi connectivity index (χ0) is 31.4. The van der Waals surface area contributed by atoms with Gasteiger partial charge in [0, 0.05) is 23.8 Å². The Kier molecular flexibility index (Phi) is 9.25. The van der Waals surface area contributed by atoms with Crippen LogP contribution in [0.5, 0.6) is 5.75 Å². The molecule has 2 amide bonds. The first-order chi connectivity index (χ1) is 21.0. The highest BCUT2D eigenvalue weighted by atomic mass is 32.2. The average molecular weight is 625 g/mol. The lowest BCUT2D eigenvalue weighted by atomic mass is 9.95. The van der Waals surface area contributed by atoms with Gasteiger partial charge < -0.3 is 15.2 Å². The molecule has 1 aliphatic rings. The standard InChI is InChI=1S/C31H31F3N6O3S/c1-4-21(16-35-29(42)37-30-40(26(41)17-44-30)27-19(2)6-5-7-20(27)3)22-8-10-23(11-9-22)28-36-18-39(38-28)24-12-14-25(15-13-24)43-31(32,33)34/h5-15,18,21,26,41H,4,16-17H2,1-3H3,(H,35,42). The minimum atomic E-state index is -4.76. The Morgan fingerprint density at radius 3 is 2.43 bits per heavy atom. The molecule has 2 N–H and O–H groups in total. The van der Waals surface area contributed by atoms with Crippen molar-refractivity contribution < 1.29 is 27.8 Å². The summed E-state index contributed by atoms with van der Waals surface area (Å²) in [4.78, 5) is 23.2. The van der Waals surface area contributed by atoms with Crippen molar-refractivity contribution in [1.82, 2.24) is 20.1 Å². The maximum absolute atomic E-state index is 12.8. The minimum Gasteiger partial charge on any atom is -0.406 e. The minimum absolute atomic E-state index is 0.0349. The smallest absolute Gasteiger partial charge is 0.406 e. The van der Waals surface area contributed by atoms with E-state index in [1.54, 1.807) is 4.90 Å². The molecule has 0 aliphatic carbocycles. The molecule has 2 unspecified atom stereocenters. The number of rotatable bonds is 8. The van der Waals surface area contributed by atoms with Crippen LogP contribution in [0.25, 0.3) is 17.1 Å². The van der Waals surface area contributed by atoms with Crippen molar-refractivity contribution in [2.45, 2.75) is 45.7 Å². The van der Waals surface area contributed by atoms with Gasteiger partial charge in [0.2, 0.25) is 0 Å². The third-order valence-corrected chi connectivity index (χ3v) is 8.21. The van der Waals surface area contributed by atoms with Crippen molar-refractivity contribution in [2.24, 2.45) is 4.99 Å². The molecule has 230 valence electrons. The Morgan fingerprint density at radius 1 is 1.11 bits per heavy atom. The number of carbonyl (C=O) groups is 1. The SMILES string of the molecule is CCC(CNC(=O)N=C1SCC(O)N1c1c(C)cccc1C)c1ccc(-c2ncn(-c3ccc(OC(F)(F)F)cc3)n2)cc1. The lowest BCUT2D eigenvalue weighted by Gasteiger charge is -2.25. The number of para-hydroxylation sites is 1. The van der Waals surface area contributed by atoms with Crippen LogP contribution in [0.15, 0.2) is 78.0 Å². The largest absolute Gasteiger partial charge is 0.573 e. The zero-order valence-corrected chi connectivity index (χ0v) is 25.1. The quantitative estimate of drug-likeness (QED) is 0.228. The molecule has 2 heterocycles. The van der Waals surface area contributed by atoms with Crippen LogP contribution >= 0.6 is 11.8 Å². The number of aromatic nitrogens is 3. The lowest BCUT2D eigenvalue weighted by molar-refractivity contribution is -0.274. The van der Waals surface area contributed by atoms with Crippen molar-refractivity contribution in [2.75, 3.05) is 17.2 Å². The second kappa shape index (κ2) is 13.1. The van der Waals surface area contributed by atoms with Crippen LogP contribution in [0.4, 0.5) is 23.7 Å². The van der Waals surface area contributed by atoms with E-state index in [1.807, 2.05) is 63.2 Å². The molecule has 5 rings (SSSR count). The number of amidine groups is 1. The van der Waals surface area contributed by atoms with E-state index in [0.29, 0.717) is 29.0 Å². The molecular formula is C31H31F3N6O3S. The van der Waals surface area contributed by atoms with Crippen LogP contribution in [0.3, 0.4) is 0 Å². The number of carbonyl (C=O) groups excluding carboxylic acids is 1. The van der Waals surface area contributed by atoms with E-state index in [-0.39, 0.29) is 11.7 Å². The van der Waals surface area contributed by atoms with Crippen LogP contribution in [0, 0.1) is 13.8 Å². The second-order valence-corrected chi connectivity index (χ2v) is 11.3. The van der Waals surface area contributed by atoms with Gasteiger partial charge in [0.15, 0.2) is 11.0 Å². The van der Waals surface area contributed by atoms with Gasteiger partial charge in [-0.2, -0.15) is 4.99 Å². The van der Waals surface area contributed by atoms with E-state index in [9.17, 15) is 23.1 Å². The van der Waals surface area contributed by atoms with Gasteiger partial charge in [-0.3, -0.25) is 4.90 Å². The molecule has 44 heavy (non-hydrogen) atoms. The number of aliphatic imine (C=N–C) groups is 1. The van der Waals surface area contributed by atoms with Gasteiger partial charge in [0.25, 0.3) is 0 Å². The van der Waals surface area contributed by atoms with E-state index in [2.05, 4.69) is 25.1 Å². The fraction of sp³-hybridized carbons (Fsp3) is 0.290. The van der Waals surface area contributed by atoms with E-state index in [0.717, 1.165) is 34.4 Å². The number of aryl methyl sites for hydroxylation is 2. The number of anilines is 1. The van der Waals surface area contributed by atoms with Crippen LogP contribution in [-0.4, -0.2) is 56.0 Å². The molecule has 2 atom stereocenters. The summed E-state index contributed by atoms with van der Waals surface area (Å²) in [5.41, 5.74) is 5.15. The number of thioether (sulfide) groups is 1. The van der Waals surface area contributed by atoms with Crippen LogP contribution in [-0.2, 0) is 0 Å². The highest BCUT2D eigenvalue weighted by Gasteiger charge is 2.33. The number of ether oxygens (including phenoxy) is 1. The maximum Gasteiger partial charge on any atom is 0.573 e. The molecule has 13 heteroatoms. The number of hydrogen-bond acceptors (Lipinski definition) is 6. The summed E-state index contributed by atoms with van der Waals surface area (Å²) in [6, 6.07) is 18.5. The Hall–Kier alpha value is -4.36. The topological polar surface area (TPSA) is 105 Å². The molecule has 0 radical (unpaired) electrons. The average Bonchev–Trinajstić information content (AvgIpc) is 3.61. The number of hydrogen-bond donors (Lipinski definition) is 2. The molecule has 0 spiro atoms. The summed E-state index contributed by atoms with van der Waals surface area (Å²) in [7, 11) is 0. The normalized spacial score (nSPS) is 16.8. The monoisotopic (exact) mass is 624 g/mol. The zero-order valence-electron chi connectivity index (χ0n) is 24.2. The third-order valence-electron chi connectivity index (χ3n) is 7.20. The predicted octanol–water partition coefficient (Wildman–Crippen LogP) is 6.58. The molecule has 1 aliphatic heterocycles. The van der Waals surface area contributed by atoms with Crippen molar-refractivity contribution in [1.29, 1.82) is 0 Å². The highest BCUT2D eigenvalue weighted by molar-refractivity contribution is 8.14. The molecular weight excluding hydrogens is 593 g/mol. The van der Waals surface area contributed by atoms with Crippen molar-refractivity contribution in [3.05, 3.63) is 89.7 Å². The molecule has 1 fully saturated rings. The first-order valence-corrected chi connectivity index (χ1v) is 14.9. The number of benzene rings is 3. The molecule has 0 bridgehead atoms. The molecule has 3 aromatic carbocycles. The maximum atomic E-state index is 12.8. The Labute approximate surface area is 256 Å². The highest BCUT2D eigenvalue weighted by Crippen LogP contribution is 2.34. The van der Waals surface area contributed by atoms with E-state index < -0.39 is 18.6 Å². The summed E-state index contributed by atoms with van der Waals surface area (Å²) in [5.74, 6) is 0.587. The number of aliphatic hydroxyl groups excluding tert-OH is 1. The third kappa shape index (κ3) is 7.22. The number of amides is 2. The van der Waals surface area contributed by atoms with Gasteiger partial charge >= 0.3 is 12.4 Å². The molecule has 1 saturated heterocycles. The number of urea groups is 1. The van der Waals surface area contributed by atoms with Gasteiger partial charge in [0.1, 0.15) is 18.3 Å². The summed E-state index contributed by atoms with van der Waals surface area (Å²) >= 11 is 1.34. The summed E-state index contributed by atoms with van der Waals surface area (Å²) in [5, 5.41) is 18.5. The van der Waals surface area contributed by atoms with Crippen molar-refractivity contribution >= 4 is 28.6 Å². The molecule has 1 aromatic heterocycles. The van der Waals surface area contributed by atoms with E-state index in [1.165, 1.54) is 47.0 Å². The Bertz CT molecular complexity index is 1620. The Balaban J connectivity index is 1.22. The molecule has 0 saturated carbocycles. The van der Waals surface area contributed by atoms with E-state index in [4.69, 9.17) is 0 Å². The lowest BCUT2D eigenvalue weighted by Crippen LogP contribution is -2.36. The number of halogens is 3. The fourth-order valence-electron chi connectivity index (χ4n) is 5.00. The molecule has 9 nitrogen and oxygen atoms in total. The Morgan fingerprint density at radius 2 is 1.80 bits per heavy atom. The van der Waals surface area contributed by atoms with Crippen molar-refractivity contribution in [3.8, 4) is 22.8 Å². The molecule has 4 aromatic rings.